The minimum absolute atomic E-state index is 0.209. The molecule has 1 aromatic carbocycles. The molecule has 0 spiro atoms. The molecule has 1 N–H and O–H groups in total. The lowest BCUT2D eigenvalue weighted by Crippen LogP contribution is -2.27. The van der Waals surface area contributed by atoms with E-state index in [1.807, 2.05) is 6.92 Å². The average molecular weight is 250 g/mol. The van der Waals surface area contributed by atoms with Gasteiger partial charge in [0.05, 0.1) is 6.10 Å². The second kappa shape index (κ2) is 5.83. The smallest absolute Gasteiger partial charge is 0.123 e. The van der Waals surface area contributed by atoms with Crippen molar-refractivity contribution in [1.82, 2.24) is 0 Å². The summed E-state index contributed by atoms with van der Waals surface area (Å²) in [6.07, 6.45) is 4.97. The molecule has 1 aliphatic rings. The van der Waals surface area contributed by atoms with Gasteiger partial charge in [0, 0.05) is 0 Å². The number of hydrogen-bond acceptors (Lipinski definition) is 1. The van der Waals surface area contributed by atoms with Crippen molar-refractivity contribution in [3.63, 3.8) is 0 Å². The Kier molecular flexibility index (Phi) is 4.39. The van der Waals surface area contributed by atoms with Crippen LogP contribution >= 0.6 is 0 Å². The maximum Gasteiger partial charge on any atom is 0.123 e. The van der Waals surface area contributed by atoms with Crippen molar-refractivity contribution in [3.8, 4) is 0 Å². The fourth-order valence-electron chi connectivity index (χ4n) is 3.08. The number of aliphatic hydroxyl groups is 1. The number of halogens is 1. The van der Waals surface area contributed by atoms with E-state index in [9.17, 15) is 9.50 Å². The van der Waals surface area contributed by atoms with Gasteiger partial charge in [0.1, 0.15) is 5.82 Å². The number of benzene rings is 1. The summed E-state index contributed by atoms with van der Waals surface area (Å²) < 4.78 is 13.2. The Labute approximate surface area is 109 Å². The Morgan fingerprint density at radius 2 is 2.17 bits per heavy atom. The summed E-state index contributed by atoms with van der Waals surface area (Å²) >= 11 is 0. The average Bonchev–Trinajstić information content (AvgIpc) is 2.34. The number of aryl methyl sites for hydroxylation is 1. The molecule has 0 amide bonds. The minimum atomic E-state index is -0.326. The third kappa shape index (κ3) is 3.32. The Hall–Kier alpha value is -0.890. The van der Waals surface area contributed by atoms with Gasteiger partial charge < -0.3 is 5.11 Å². The summed E-state index contributed by atoms with van der Waals surface area (Å²) in [7, 11) is 0. The molecule has 100 valence electrons. The quantitative estimate of drug-likeness (QED) is 0.863. The maximum atomic E-state index is 13.2. The molecule has 18 heavy (non-hydrogen) atoms. The van der Waals surface area contributed by atoms with Crippen LogP contribution in [0.4, 0.5) is 4.39 Å². The van der Waals surface area contributed by atoms with Crippen LogP contribution in [-0.2, 0) is 6.42 Å². The molecule has 1 aromatic rings. The van der Waals surface area contributed by atoms with E-state index in [-0.39, 0.29) is 11.9 Å². The molecular weight excluding hydrogens is 227 g/mol. The van der Waals surface area contributed by atoms with Crippen LogP contribution in [0.25, 0.3) is 0 Å². The van der Waals surface area contributed by atoms with Gasteiger partial charge in [0.25, 0.3) is 0 Å². The van der Waals surface area contributed by atoms with Crippen LogP contribution in [0.5, 0.6) is 0 Å². The van der Waals surface area contributed by atoms with Gasteiger partial charge in [-0.1, -0.05) is 25.8 Å². The van der Waals surface area contributed by atoms with E-state index in [1.54, 1.807) is 12.1 Å². The van der Waals surface area contributed by atoms with Crippen molar-refractivity contribution in [2.45, 2.75) is 52.1 Å². The molecule has 2 heteroatoms. The standard InChI is InChI=1S/C16H23FO/c1-11-4-3-5-13(8-11)16(18)10-14-9-15(17)7-6-12(14)2/h6-7,9,11,13,16,18H,3-5,8,10H2,1-2H3. The van der Waals surface area contributed by atoms with E-state index in [4.69, 9.17) is 0 Å². The molecule has 0 aliphatic heterocycles. The van der Waals surface area contributed by atoms with Gasteiger partial charge in [-0.05, 0) is 61.3 Å². The monoisotopic (exact) mass is 250 g/mol. The van der Waals surface area contributed by atoms with E-state index in [0.29, 0.717) is 18.3 Å². The molecule has 1 saturated carbocycles. The first kappa shape index (κ1) is 13.5. The molecule has 1 aliphatic carbocycles. The molecule has 2 rings (SSSR count). The van der Waals surface area contributed by atoms with Crippen molar-refractivity contribution >= 4 is 0 Å². The highest BCUT2D eigenvalue weighted by molar-refractivity contribution is 5.27. The molecule has 0 radical (unpaired) electrons. The van der Waals surface area contributed by atoms with Crippen molar-refractivity contribution in [1.29, 1.82) is 0 Å². The lowest BCUT2D eigenvalue weighted by molar-refractivity contribution is 0.0718. The van der Waals surface area contributed by atoms with E-state index in [0.717, 1.165) is 24.0 Å². The number of aliphatic hydroxyl groups excluding tert-OH is 1. The van der Waals surface area contributed by atoms with Crippen LogP contribution in [0.3, 0.4) is 0 Å². The Morgan fingerprint density at radius 3 is 2.89 bits per heavy atom. The van der Waals surface area contributed by atoms with Crippen LogP contribution in [0, 0.1) is 24.6 Å². The predicted molar refractivity (Wildman–Crippen MR) is 72.0 cm³/mol. The van der Waals surface area contributed by atoms with E-state index in [1.165, 1.54) is 18.9 Å². The minimum Gasteiger partial charge on any atom is -0.392 e. The van der Waals surface area contributed by atoms with Gasteiger partial charge in [-0.2, -0.15) is 0 Å². The SMILES string of the molecule is Cc1ccc(F)cc1CC(O)C1CCCC(C)C1. The first-order valence-electron chi connectivity index (χ1n) is 6.99. The van der Waals surface area contributed by atoms with E-state index in [2.05, 4.69) is 6.92 Å². The molecule has 0 aromatic heterocycles. The zero-order valence-electron chi connectivity index (χ0n) is 11.3. The molecule has 0 bridgehead atoms. The lowest BCUT2D eigenvalue weighted by Gasteiger charge is -2.30. The molecule has 3 atom stereocenters. The molecule has 0 heterocycles. The predicted octanol–water partition coefficient (Wildman–Crippen LogP) is 3.86. The lowest BCUT2D eigenvalue weighted by atomic mass is 9.78. The first-order valence-corrected chi connectivity index (χ1v) is 6.99. The Bertz CT molecular complexity index is 402. The van der Waals surface area contributed by atoms with Crippen molar-refractivity contribution < 1.29 is 9.50 Å². The highest BCUT2D eigenvalue weighted by Gasteiger charge is 2.25. The van der Waals surface area contributed by atoms with Crippen LogP contribution in [0.2, 0.25) is 0 Å². The zero-order chi connectivity index (χ0) is 13.1. The summed E-state index contributed by atoms with van der Waals surface area (Å²) in [5.74, 6) is 0.892. The van der Waals surface area contributed by atoms with E-state index >= 15 is 0 Å². The highest BCUT2D eigenvalue weighted by atomic mass is 19.1. The van der Waals surface area contributed by atoms with Crippen LogP contribution in [0.15, 0.2) is 18.2 Å². The normalized spacial score (nSPS) is 26.0. The van der Waals surface area contributed by atoms with Gasteiger partial charge in [-0.25, -0.2) is 4.39 Å². The van der Waals surface area contributed by atoms with Crippen LogP contribution < -0.4 is 0 Å². The van der Waals surface area contributed by atoms with Crippen LogP contribution in [0.1, 0.15) is 43.7 Å². The van der Waals surface area contributed by atoms with Crippen LogP contribution in [-0.4, -0.2) is 11.2 Å². The van der Waals surface area contributed by atoms with Gasteiger partial charge >= 0.3 is 0 Å². The second-order valence-electron chi connectivity index (χ2n) is 5.87. The topological polar surface area (TPSA) is 20.2 Å². The highest BCUT2D eigenvalue weighted by Crippen LogP contribution is 2.32. The summed E-state index contributed by atoms with van der Waals surface area (Å²) in [4.78, 5) is 0. The maximum absolute atomic E-state index is 13.2. The van der Waals surface area contributed by atoms with Gasteiger partial charge in [-0.3, -0.25) is 0 Å². The van der Waals surface area contributed by atoms with Crippen molar-refractivity contribution in [2.75, 3.05) is 0 Å². The number of rotatable bonds is 3. The zero-order valence-corrected chi connectivity index (χ0v) is 11.3. The summed E-state index contributed by atoms with van der Waals surface area (Å²) in [5.41, 5.74) is 2.01. The molecular formula is C16H23FO. The van der Waals surface area contributed by atoms with Crippen molar-refractivity contribution in [2.24, 2.45) is 11.8 Å². The second-order valence-corrected chi connectivity index (χ2v) is 5.87. The molecule has 1 nitrogen and oxygen atoms in total. The first-order chi connectivity index (χ1) is 8.56. The summed E-state index contributed by atoms with van der Waals surface area (Å²) in [6.45, 7) is 4.23. The van der Waals surface area contributed by atoms with Crippen molar-refractivity contribution in [3.05, 3.63) is 35.1 Å². The fourth-order valence-corrected chi connectivity index (χ4v) is 3.08. The molecule has 1 fully saturated rings. The Morgan fingerprint density at radius 1 is 1.39 bits per heavy atom. The Balaban J connectivity index is 2.01. The third-order valence-corrected chi connectivity index (χ3v) is 4.26. The fraction of sp³-hybridized carbons (Fsp3) is 0.625. The number of hydrogen-bond donors (Lipinski definition) is 1. The molecule has 3 unspecified atom stereocenters. The summed E-state index contributed by atoms with van der Waals surface area (Å²) in [5, 5.41) is 10.3. The third-order valence-electron chi connectivity index (χ3n) is 4.26. The molecule has 0 saturated heterocycles. The van der Waals surface area contributed by atoms with Gasteiger partial charge in [0.2, 0.25) is 0 Å². The largest absolute Gasteiger partial charge is 0.392 e. The summed E-state index contributed by atoms with van der Waals surface area (Å²) in [6, 6.07) is 4.83. The van der Waals surface area contributed by atoms with Gasteiger partial charge in [0.15, 0.2) is 0 Å². The van der Waals surface area contributed by atoms with Gasteiger partial charge in [-0.15, -0.1) is 0 Å². The van der Waals surface area contributed by atoms with E-state index < -0.39 is 0 Å².